The number of hydrogen-bond donors (Lipinski definition) is 1. The highest BCUT2D eigenvalue weighted by molar-refractivity contribution is 6.30. The van der Waals surface area contributed by atoms with Crippen molar-refractivity contribution in [2.75, 3.05) is 7.05 Å². The van der Waals surface area contributed by atoms with Crippen molar-refractivity contribution in [3.8, 4) is 0 Å². The lowest BCUT2D eigenvalue weighted by molar-refractivity contribution is -0.141. The molecule has 4 nitrogen and oxygen atoms in total. The van der Waals surface area contributed by atoms with Gasteiger partial charge >= 0.3 is 0 Å². The van der Waals surface area contributed by atoms with Crippen LogP contribution < -0.4 is 5.32 Å². The van der Waals surface area contributed by atoms with E-state index in [-0.39, 0.29) is 17.2 Å². The number of carbonyl (C=O) groups excluding carboxylic acids is 2. The Hall–Kier alpha value is -3.11. The van der Waals surface area contributed by atoms with Crippen molar-refractivity contribution in [1.82, 2.24) is 10.2 Å². The maximum atomic E-state index is 13.6. The van der Waals surface area contributed by atoms with Gasteiger partial charge in [-0.2, -0.15) is 0 Å². The summed E-state index contributed by atoms with van der Waals surface area (Å²) in [6, 6.07) is 25.1. The molecule has 0 aliphatic rings. The van der Waals surface area contributed by atoms with Crippen LogP contribution in [0.4, 0.5) is 0 Å². The highest BCUT2D eigenvalue weighted by atomic mass is 35.5. The molecule has 0 spiro atoms. The number of likely N-dealkylation sites (N-methyl/N-ethyl adjacent to an activating group) is 1. The van der Waals surface area contributed by atoms with Gasteiger partial charge in [0.25, 0.3) is 0 Å². The maximum Gasteiger partial charge on any atom is 0.242 e. The third-order valence-corrected chi connectivity index (χ3v) is 6.48. The minimum atomic E-state index is -0.617. The van der Waals surface area contributed by atoms with Gasteiger partial charge in [-0.25, -0.2) is 0 Å². The number of nitrogens with one attached hydrogen (secondary N) is 1. The van der Waals surface area contributed by atoms with Crippen molar-refractivity contribution in [3.63, 3.8) is 0 Å². The largest absolute Gasteiger partial charge is 0.357 e. The minimum Gasteiger partial charge on any atom is -0.357 e. The van der Waals surface area contributed by atoms with E-state index in [9.17, 15) is 9.59 Å². The first-order valence-corrected chi connectivity index (χ1v) is 12.4. The van der Waals surface area contributed by atoms with Gasteiger partial charge in [0, 0.05) is 31.5 Å². The average molecular weight is 491 g/mol. The van der Waals surface area contributed by atoms with Gasteiger partial charge in [0.05, 0.1) is 0 Å². The first-order chi connectivity index (χ1) is 16.7. The standard InChI is InChI=1S/C30H35ClN2O2/c1-30(2,3)25-15-10-22(11-16-25)14-19-28(34)33(21-24-12-17-26(31)18-13-24)27(29(35)32-4)20-23-8-6-5-7-9-23/h5-13,15-18,27H,14,19-21H2,1-4H3,(H,32,35)/t27-/m1/s1. The number of aryl methyl sites for hydroxylation is 1. The second-order valence-electron chi connectivity index (χ2n) is 9.91. The summed E-state index contributed by atoms with van der Waals surface area (Å²) in [5, 5.41) is 3.39. The van der Waals surface area contributed by atoms with Gasteiger partial charge < -0.3 is 10.2 Å². The summed E-state index contributed by atoms with van der Waals surface area (Å²) < 4.78 is 0. The van der Waals surface area contributed by atoms with Crippen LogP contribution in [0.2, 0.25) is 5.02 Å². The average Bonchev–Trinajstić information content (AvgIpc) is 2.85. The third kappa shape index (κ3) is 7.69. The van der Waals surface area contributed by atoms with E-state index in [2.05, 4.69) is 50.4 Å². The molecular formula is C30H35ClN2O2. The van der Waals surface area contributed by atoms with Crippen molar-refractivity contribution in [2.45, 2.75) is 58.0 Å². The molecule has 0 unspecified atom stereocenters. The van der Waals surface area contributed by atoms with Crippen molar-refractivity contribution in [2.24, 2.45) is 0 Å². The van der Waals surface area contributed by atoms with Gasteiger partial charge in [-0.1, -0.05) is 99.1 Å². The molecule has 0 aromatic heterocycles. The first-order valence-electron chi connectivity index (χ1n) is 12.1. The highest BCUT2D eigenvalue weighted by Gasteiger charge is 2.29. The lowest BCUT2D eigenvalue weighted by Crippen LogP contribution is -2.49. The molecule has 5 heteroatoms. The fraction of sp³-hybridized carbons (Fsp3) is 0.333. The number of amides is 2. The summed E-state index contributed by atoms with van der Waals surface area (Å²) in [6.45, 7) is 6.90. The molecule has 3 aromatic carbocycles. The zero-order chi connectivity index (χ0) is 25.4. The fourth-order valence-electron chi connectivity index (χ4n) is 4.07. The molecule has 3 rings (SSSR count). The van der Waals surface area contributed by atoms with E-state index in [0.29, 0.717) is 30.8 Å². The smallest absolute Gasteiger partial charge is 0.242 e. The van der Waals surface area contributed by atoms with Crippen LogP contribution in [0.15, 0.2) is 78.9 Å². The molecule has 0 aliphatic heterocycles. The molecule has 0 heterocycles. The van der Waals surface area contributed by atoms with Gasteiger partial charge in [0.1, 0.15) is 6.04 Å². The second kappa shape index (κ2) is 12.0. The van der Waals surface area contributed by atoms with E-state index in [1.807, 2.05) is 54.6 Å². The van der Waals surface area contributed by atoms with Gasteiger partial charge in [0.15, 0.2) is 0 Å². The van der Waals surface area contributed by atoms with E-state index >= 15 is 0 Å². The van der Waals surface area contributed by atoms with E-state index in [1.54, 1.807) is 11.9 Å². The minimum absolute atomic E-state index is 0.0515. The predicted molar refractivity (Wildman–Crippen MR) is 143 cm³/mol. The molecule has 1 atom stereocenters. The number of nitrogens with zero attached hydrogens (tertiary/aromatic N) is 1. The molecule has 184 valence electrons. The Bertz CT molecular complexity index is 1100. The number of carbonyl (C=O) groups is 2. The molecule has 0 fully saturated rings. The molecular weight excluding hydrogens is 456 g/mol. The molecule has 3 aromatic rings. The summed E-state index contributed by atoms with van der Waals surface area (Å²) in [4.78, 5) is 28.3. The summed E-state index contributed by atoms with van der Waals surface area (Å²) in [7, 11) is 1.61. The van der Waals surface area contributed by atoms with E-state index in [4.69, 9.17) is 11.6 Å². The number of rotatable bonds is 9. The van der Waals surface area contributed by atoms with Crippen LogP contribution in [-0.4, -0.2) is 29.8 Å². The van der Waals surface area contributed by atoms with Crippen LogP contribution in [0.5, 0.6) is 0 Å². The van der Waals surface area contributed by atoms with Crippen LogP contribution in [0.1, 0.15) is 49.4 Å². The third-order valence-electron chi connectivity index (χ3n) is 6.23. The Morgan fingerprint density at radius 3 is 2.03 bits per heavy atom. The molecule has 2 amide bonds. The lowest BCUT2D eigenvalue weighted by Gasteiger charge is -2.31. The number of hydrogen-bond acceptors (Lipinski definition) is 2. The SMILES string of the molecule is CNC(=O)[C@@H](Cc1ccccc1)N(Cc1ccc(Cl)cc1)C(=O)CCc1ccc(C(C)(C)C)cc1. The zero-order valence-electron chi connectivity index (χ0n) is 21.1. The quantitative estimate of drug-likeness (QED) is 0.402. The molecule has 0 radical (unpaired) electrons. The van der Waals surface area contributed by atoms with Crippen LogP contribution >= 0.6 is 11.6 Å². The van der Waals surface area contributed by atoms with Crippen LogP contribution in [0.25, 0.3) is 0 Å². The summed E-state index contributed by atoms with van der Waals surface area (Å²) in [5.41, 5.74) is 4.39. The molecule has 35 heavy (non-hydrogen) atoms. The maximum absolute atomic E-state index is 13.6. The Morgan fingerprint density at radius 1 is 0.857 bits per heavy atom. The van der Waals surface area contributed by atoms with Gasteiger partial charge in [-0.05, 0) is 46.2 Å². The van der Waals surface area contributed by atoms with Gasteiger partial charge in [-0.3, -0.25) is 9.59 Å². The normalized spacial score (nSPS) is 12.1. The van der Waals surface area contributed by atoms with Gasteiger partial charge in [-0.15, -0.1) is 0 Å². The Balaban J connectivity index is 1.83. The zero-order valence-corrected chi connectivity index (χ0v) is 21.8. The summed E-state index contributed by atoms with van der Waals surface area (Å²) in [6.07, 6.45) is 1.39. The number of halogens is 1. The topological polar surface area (TPSA) is 49.4 Å². The lowest BCUT2D eigenvalue weighted by atomic mass is 9.86. The van der Waals surface area contributed by atoms with Gasteiger partial charge in [0.2, 0.25) is 11.8 Å². The molecule has 1 N–H and O–H groups in total. The summed E-state index contributed by atoms with van der Waals surface area (Å²) in [5.74, 6) is -0.227. The van der Waals surface area contributed by atoms with Crippen molar-refractivity contribution >= 4 is 23.4 Å². The van der Waals surface area contributed by atoms with E-state index < -0.39 is 6.04 Å². The highest BCUT2D eigenvalue weighted by Crippen LogP contribution is 2.23. The van der Waals surface area contributed by atoms with Crippen molar-refractivity contribution in [1.29, 1.82) is 0 Å². The van der Waals surface area contributed by atoms with Crippen molar-refractivity contribution in [3.05, 3.63) is 106 Å². The predicted octanol–water partition coefficient (Wildman–Crippen LogP) is 5.96. The Kier molecular flexibility index (Phi) is 9.11. The Morgan fingerprint density at radius 2 is 1.46 bits per heavy atom. The van der Waals surface area contributed by atoms with Crippen LogP contribution in [0.3, 0.4) is 0 Å². The molecule has 0 bridgehead atoms. The first kappa shape index (κ1) is 26.5. The van der Waals surface area contributed by atoms with Crippen LogP contribution in [0, 0.1) is 0 Å². The second-order valence-corrected chi connectivity index (χ2v) is 10.4. The molecule has 0 saturated carbocycles. The van der Waals surface area contributed by atoms with Crippen molar-refractivity contribution < 1.29 is 9.59 Å². The number of benzene rings is 3. The fourth-order valence-corrected chi connectivity index (χ4v) is 4.20. The van der Waals surface area contributed by atoms with Crippen LogP contribution in [-0.2, 0) is 34.4 Å². The molecule has 0 aliphatic carbocycles. The summed E-state index contributed by atoms with van der Waals surface area (Å²) >= 11 is 6.07. The van der Waals surface area contributed by atoms with E-state index in [1.165, 1.54) is 5.56 Å². The van der Waals surface area contributed by atoms with E-state index in [0.717, 1.165) is 16.7 Å². The molecule has 0 saturated heterocycles. The monoisotopic (exact) mass is 490 g/mol. The Labute approximate surface area is 214 Å².